The van der Waals surface area contributed by atoms with E-state index in [0.29, 0.717) is 0 Å². The van der Waals surface area contributed by atoms with E-state index in [-0.39, 0.29) is 0 Å². The Bertz CT molecular complexity index is 1100. The molecule has 0 N–H and O–H groups in total. The topological polar surface area (TPSA) is 12.9 Å². The van der Waals surface area contributed by atoms with E-state index in [4.69, 9.17) is 0 Å². The van der Waals surface area contributed by atoms with E-state index in [9.17, 15) is 0 Å². The summed E-state index contributed by atoms with van der Waals surface area (Å²) in [4.78, 5) is 4.65. The zero-order valence-electron chi connectivity index (χ0n) is 10.5. The van der Waals surface area contributed by atoms with Crippen LogP contribution in [0.1, 0.15) is 0 Å². The summed E-state index contributed by atoms with van der Waals surface area (Å²) >= 11 is 3.67. The van der Waals surface area contributed by atoms with Gasteiger partial charge in [-0.15, -0.1) is 22.7 Å². The molecule has 0 spiro atoms. The first-order valence-corrected chi connectivity index (χ1v) is 8.17. The van der Waals surface area contributed by atoms with Gasteiger partial charge in [-0.1, -0.05) is 30.3 Å². The second kappa shape index (κ2) is 3.78. The Labute approximate surface area is 123 Å². The number of hydrogen-bond acceptors (Lipinski definition) is 3. The van der Waals surface area contributed by atoms with Crippen molar-refractivity contribution in [3.05, 3.63) is 54.0 Å². The van der Waals surface area contributed by atoms with Gasteiger partial charge in [0, 0.05) is 22.4 Å². The van der Waals surface area contributed by atoms with Gasteiger partial charge < -0.3 is 0 Å². The van der Waals surface area contributed by atoms with Crippen LogP contribution in [0.3, 0.4) is 0 Å². The predicted octanol–water partition coefficient (Wildman–Crippen LogP) is 5.82. The SMILES string of the molecule is c1ccc2c(c1)ccc1ncc3sc4sccc4c3c12. The molecule has 0 saturated heterocycles. The second-order valence-corrected chi connectivity index (χ2v) is 7.13. The fraction of sp³-hybridized carbons (Fsp3) is 0. The fourth-order valence-corrected chi connectivity index (χ4v) is 5.10. The lowest BCUT2D eigenvalue weighted by atomic mass is 10.0. The maximum absolute atomic E-state index is 4.65. The Hall–Kier alpha value is -1.97. The van der Waals surface area contributed by atoms with Crippen molar-refractivity contribution in [2.24, 2.45) is 0 Å². The summed E-state index contributed by atoms with van der Waals surface area (Å²) in [5, 5.41) is 8.80. The highest BCUT2D eigenvalue weighted by Gasteiger charge is 2.12. The number of thiophene rings is 2. The van der Waals surface area contributed by atoms with Crippen LogP contribution in [-0.2, 0) is 0 Å². The Morgan fingerprint density at radius 3 is 2.80 bits per heavy atom. The van der Waals surface area contributed by atoms with Crippen molar-refractivity contribution in [2.75, 3.05) is 0 Å². The molecule has 5 rings (SSSR count). The van der Waals surface area contributed by atoms with Crippen molar-refractivity contribution in [3.8, 4) is 0 Å². The van der Waals surface area contributed by atoms with Gasteiger partial charge in [-0.05, 0) is 28.3 Å². The lowest BCUT2D eigenvalue weighted by molar-refractivity contribution is 1.46. The molecule has 1 nitrogen and oxygen atoms in total. The normalized spacial score (nSPS) is 12.0. The molecule has 0 fully saturated rings. The van der Waals surface area contributed by atoms with E-state index in [1.807, 2.05) is 28.9 Å². The fourth-order valence-electron chi connectivity index (χ4n) is 2.95. The summed E-state index contributed by atoms with van der Waals surface area (Å²) in [5.41, 5.74) is 1.09. The Morgan fingerprint density at radius 2 is 1.80 bits per heavy atom. The summed E-state index contributed by atoms with van der Waals surface area (Å²) in [6, 6.07) is 15.1. The van der Waals surface area contributed by atoms with Gasteiger partial charge in [0.05, 0.1) is 14.2 Å². The minimum Gasteiger partial charge on any atom is -0.255 e. The molecule has 0 radical (unpaired) electrons. The molecule has 3 aromatic heterocycles. The molecule has 0 atom stereocenters. The zero-order valence-corrected chi connectivity index (χ0v) is 12.1. The molecule has 20 heavy (non-hydrogen) atoms. The molecule has 3 heteroatoms. The summed E-state index contributed by atoms with van der Waals surface area (Å²) < 4.78 is 2.68. The molecule has 0 amide bonds. The second-order valence-electron chi connectivity index (χ2n) is 4.90. The Kier molecular flexibility index (Phi) is 2.04. The van der Waals surface area contributed by atoms with Crippen LogP contribution >= 0.6 is 22.7 Å². The predicted molar refractivity (Wildman–Crippen MR) is 90.0 cm³/mol. The Balaban J connectivity index is 2.21. The third-order valence-corrected chi connectivity index (χ3v) is 6.01. The molecule has 94 valence electrons. The molecule has 0 bridgehead atoms. The van der Waals surface area contributed by atoms with Crippen LogP contribution in [0, 0.1) is 0 Å². The van der Waals surface area contributed by atoms with Crippen molar-refractivity contribution in [1.82, 2.24) is 4.98 Å². The van der Waals surface area contributed by atoms with Crippen molar-refractivity contribution < 1.29 is 0 Å². The largest absolute Gasteiger partial charge is 0.255 e. The number of pyridine rings is 1. The van der Waals surface area contributed by atoms with E-state index in [2.05, 4.69) is 52.8 Å². The van der Waals surface area contributed by atoms with Gasteiger partial charge in [-0.2, -0.15) is 0 Å². The highest BCUT2D eigenvalue weighted by Crippen LogP contribution is 2.42. The molecule has 0 saturated carbocycles. The summed E-state index contributed by atoms with van der Waals surface area (Å²) in [7, 11) is 0. The smallest absolute Gasteiger partial charge is 0.0878 e. The van der Waals surface area contributed by atoms with Crippen LogP contribution in [0.5, 0.6) is 0 Å². The highest BCUT2D eigenvalue weighted by molar-refractivity contribution is 7.41. The molecule has 0 aliphatic heterocycles. The standard InChI is InChI=1S/C17H9NS2/c1-2-4-11-10(3-1)5-6-13-15(11)16-12-7-8-19-17(12)20-14(16)9-18-13/h1-9H. The number of rotatable bonds is 0. The first kappa shape index (κ1) is 10.8. The number of hydrogen-bond donors (Lipinski definition) is 0. The quantitative estimate of drug-likeness (QED) is 0.328. The third-order valence-electron chi connectivity index (χ3n) is 3.83. The Morgan fingerprint density at radius 1 is 0.850 bits per heavy atom. The van der Waals surface area contributed by atoms with E-state index in [1.165, 1.54) is 35.6 Å². The molecule has 0 aliphatic rings. The van der Waals surface area contributed by atoms with Crippen LogP contribution < -0.4 is 0 Å². The van der Waals surface area contributed by atoms with Gasteiger partial charge in [0.2, 0.25) is 0 Å². The van der Waals surface area contributed by atoms with Crippen molar-refractivity contribution >= 4 is 63.8 Å². The number of aromatic nitrogens is 1. The lowest BCUT2D eigenvalue weighted by Crippen LogP contribution is -1.81. The van der Waals surface area contributed by atoms with Crippen molar-refractivity contribution in [1.29, 1.82) is 0 Å². The van der Waals surface area contributed by atoms with Crippen LogP contribution in [0.2, 0.25) is 0 Å². The first-order valence-electron chi connectivity index (χ1n) is 6.48. The molecule has 3 heterocycles. The van der Waals surface area contributed by atoms with E-state index in [1.54, 1.807) is 0 Å². The third kappa shape index (κ3) is 1.29. The number of benzene rings is 2. The van der Waals surface area contributed by atoms with Gasteiger partial charge in [0.15, 0.2) is 0 Å². The van der Waals surface area contributed by atoms with Gasteiger partial charge in [-0.25, -0.2) is 0 Å². The maximum atomic E-state index is 4.65. The van der Waals surface area contributed by atoms with Crippen LogP contribution in [-0.4, -0.2) is 4.98 Å². The minimum absolute atomic E-state index is 1.09. The van der Waals surface area contributed by atoms with E-state index >= 15 is 0 Å². The molecular formula is C17H9NS2. The van der Waals surface area contributed by atoms with Gasteiger partial charge in [0.25, 0.3) is 0 Å². The van der Waals surface area contributed by atoms with Crippen molar-refractivity contribution in [2.45, 2.75) is 0 Å². The van der Waals surface area contributed by atoms with Gasteiger partial charge >= 0.3 is 0 Å². The molecule has 0 unspecified atom stereocenters. The molecular weight excluding hydrogens is 282 g/mol. The maximum Gasteiger partial charge on any atom is 0.0878 e. The molecule has 5 aromatic rings. The lowest BCUT2D eigenvalue weighted by Gasteiger charge is -2.04. The van der Waals surface area contributed by atoms with E-state index < -0.39 is 0 Å². The van der Waals surface area contributed by atoms with Crippen LogP contribution in [0.15, 0.2) is 54.0 Å². The molecule has 2 aromatic carbocycles. The summed E-state index contributed by atoms with van der Waals surface area (Å²) in [6.07, 6.45) is 2.02. The summed E-state index contributed by atoms with van der Waals surface area (Å²) in [6.45, 7) is 0. The summed E-state index contributed by atoms with van der Waals surface area (Å²) in [5.74, 6) is 0. The first-order chi connectivity index (χ1) is 9.92. The number of fused-ring (bicyclic) bond motifs is 7. The van der Waals surface area contributed by atoms with E-state index in [0.717, 1.165) is 5.52 Å². The van der Waals surface area contributed by atoms with Crippen molar-refractivity contribution in [3.63, 3.8) is 0 Å². The molecule has 0 aliphatic carbocycles. The minimum atomic E-state index is 1.09. The monoisotopic (exact) mass is 291 g/mol. The van der Waals surface area contributed by atoms with Gasteiger partial charge in [0.1, 0.15) is 0 Å². The average molecular weight is 291 g/mol. The highest BCUT2D eigenvalue weighted by atomic mass is 32.2. The average Bonchev–Trinajstić information content (AvgIpc) is 3.07. The van der Waals surface area contributed by atoms with Crippen LogP contribution in [0.4, 0.5) is 0 Å². The number of nitrogens with zero attached hydrogens (tertiary/aromatic N) is 1. The van der Waals surface area contributed by atoms with Crippen LogP contribution in [0.25, 0.3) is 41.2 Å². The zero-order chi connectivity index (χ0) is 13.1. The van der Waals surface area contributed by atoms with Gasteiger partial charge in [-0.3, -0.25) is 4.98 Å².